The highest BCUT2D eigenvalue weighted by Crippen LogP contribution is 2.49. The van der Waals surface area contributed by atoms with Gasteiger partial charge in [0.25, 0.3) is 0 Å². The summed E-state index contributed by atoms with van der Waals surface area (Å²) in [5.74, 6) is 1.09. The minimum absolute atomic E-state index is 0.101. The van der Waals surface area contributed by atoms with Gasteiger partial charge in [-0.3, -0.25) is 14.5 Å². The van der Waals surface area contributed by atoms with Crippen LogP contribution >= 0.6 is 0 Å². The Morgan fingerprint density at radius 3 is 2.41 bits per heavy atom. The summed E-state index contributed by atoms with van der Waals surface area (Å²) in [6.45, 7) is 1.71. The summed E-state index contributed by atoms with van der Waals surface area (Å²) in [6, 6.07) is 0.392. The third-order valence-corrected chi connectivity index (χ3v) is 6.32. The molecule has 0 aromatic rings. The van der Waals surface area contributed by atoms with Gasteiger partial charge in [-0.25, -0.2) is 0 Å². The molecule has 0 aromatic carbocycles. The normalized spacial score (nSPS) is 34.9. The molecule has 0 aromatic heterocycles. The van der Waals surface area contributed by atoms with Gasteiger partial charge >= 0.3 is 5.97 Å². The molecule has 122 valence electrons. The Kier molecular flexibility index (Phi) is 3.44. The Hall–Kier alpha value is -1.10. The second kappa shape index (κ2) is 5.22. The van der Waals surface area contributed by atoms with Crippen molar-refractivity contribution in [2.45, 2.75) is 51.0 Å². The Morgan fingerprint density at radius 2 is 1.86 bits per heavy atom. The summed E-state index contributed by atoms with van der Waals surface area (Å²) in [7, 11) is 0. The molecule has 2 atom stereocenters. The molecule has 1 amide bonds. The van der Waals surface area contributed by atoms with Crippen LogP contribution in [0.3, 0.4) is 0 Å². The minimum atomic E-state index is -0.660. The van der Waals surface area contributed by atoms with Crippen molar-refractivity contribution in [2.75, 3.05) is 19.6 Å². The van der Waals surface area contributed by atoms with E-state index in [1.165, 1.54) is 25.7 Å². The van der Waals surface area contributed by atoms with Crippen molar-refractivity contribution in [3.63, 3.8) is 0 Å². The number of likely N-dealkylation sites (tertiary alicyclic amines) is 1. The number of hydrogen-bond donors (Lipinski definition) is 2. The molecule has 0 radical (unpaired) electrons. The number of amides is 1. The fourth-order valence-corrected chi connectivity index (χ4v) is 4.83. The molecule has 5 heteroatoms. The van der Waals surface area contributed by atoms with Gasteiger partial charge in [0, 0.05) is 19.1 Å². The first-order valence-electron chi connectivity index (χ1n) is 8.83. The third kappa shape index (κ3) is 2.53. The van der Waals surface area contributed by atoms with E-state index in [0.29, 0.717) is 31.0 Å². The van der Waals surface area contributed by atoms with Crippen molar-refractivity contribution < 1.29 is 14.7 Å². The fourth-order valence-electron chi connectivity index (χ4n) is 4.83. The van der Waals surface area contributed by atoms with Crippen LogP contribution in [0.5, 0.6) is 0 Å². The van der Waals surface area contributed by atoms with Gasteiger partial charge in [-0.2, -0.15) is 0 Å². The molecule has 2 N–H and O–H groups in total. The second-order valence-corrected chi connectivity index (χ2v) is 7.99. The van der Waals surface area contributed by atoms with Gasteiger partial charge in [-0.1, -0.05) is 6.42 Å². The molecule has 3 aliphatic carbocycles. The zero-order valence-electron chi connectivity index (χ0n) is 13.1. The monoisotopic (exact) mass is 306 g/mol. The molecule has 1 heterocycles. The maximum atomic E-state index is 12.4. The Morgan fingerprint density at radius 1 is 1.18 bits per heavy atom. The molecule has 22 heavy (non-hydrogen) atoms. The largest absolute Gasteiger partial charge is 0.481 e. The Labute approximate surface area is 131 Å². The van der Waals surface area contributed by atoms with Crippen molar-refractivity contribution in [3.05, 3.63) is 0 Å². The van der Waals surface area contributed by atoms with Crippen LogP contribution in [0, 0.1) is 23.2 Å². The van der Waals surface area contributed by atoms with E-state index in [2.05, 4.69) is 10.2 Å². The van der Waals surface area contributed by atoms with Crippen LogP contribution in [0.4, 0.5) is 0 Å². The number of carbonyl (C=O) groups is 2. The summed E-state index contributed by atoms with van der Waals surface area (Å²) in [4.78, 5) is 26.1. The zero-order valence-corrected chi connectivity index (χ0v) is 13.1. The van der Waals surface area contributed by atoms with Crippen LogP contribution < -0.4 is 5.32 Å². The summed E-state index contributed by atoms with van der Waals surface area (Å²) in [6.07, 6.45) is 7.83. The predicted molar refractivity (Wildman–Crippen MR) is 81.2 cm³/mol. The van der Waals surface area contributed by atoms with E-state index in [1.54, 1.807) is 0 Å². The van der Waals surface area contributed by atoms with Crippen LogP contribution in [0.15, 0.2) is 0 Å². The third-order valence-electron chi connectivity index (χ3n) is 6.32. The Balaban J connectivity index is 1.34. The summed E-state index contributed by atoms with van der Waals surface area (Å²) < 4.78 is 0. The van der Waals surface area contributed by atoms with Crippen molar-refractivity contribution in [1.82, 2.24) is 10.2 Å². The minimum Gasteiger partial charge on any atom is -0.481 e. The molecule has 4 aliphatic rings. The van der Waals surface area contributed by atoms with Gasteiger partial charge in [-0.05, 0) is 56.3 Å². The predicted octanol–water partition coefficient (Wildman–Crippen LogP) is 1.48. The lowest BCUT2D eigenvalue weighted by Gasteiger charge is -2.24. The molecule has 0 unspecified atom stereocenters. The van der Waals surface area contributed by atoms with Gasteiger partial charge in [-0.15, -0.1) is 0 Å². The van der Waals surface area contributed by atoms with Crippen molar-refractivity contribution in [2.24, 2.45) is 23.2 Å². The van der Waals surface area contributed by atoms with Crippen molar-refractivity contribution in [1.29, 1.82) is 0 Å². The number of aliphatic carboxylic acids is 1. The molecule has 1 aliphatic heterocycles. The van der Waals surface area contributed by atoms with E-state index in [4.69, 9.17) is 0 Å². The van der Waals surface area contributed by atoms with E-state index < -0.39 is 11.4 Å². The van der Waals surface area contributed by atoms with E-state index in [-0.39, 0.29) is 11.8 Å². The smallest absolute Gasteiger partial charge is 0.311 e. The van der Waals surface area contributed by atoms with Crippen LogP contribution in [0.1, 0.15) is 44.9 Å². The molecule has 4 fully saturated rings. The first kappa shape index (κ1) is 14.5. The summed E-state index contributed by atoms with van der Waals surface area (Å²) in [5, 5.41) is 12.9. The quantitative estimate of drug-likeness (QED) is 0.780. The molecule has 5 nitrogen and oxygen atoms in total. The molecular weight excluding hydrogens is 280 g/mol. The zero-order chi connectivity index (χ0) is 15.3. The van der Waals surface area contributed by atoms with Gasteiger partial charge in [0.2, 0.25) is 5.91 Å². The number of carbonyl (C=O) groups excluding carboxylic acids is 1. The van der Waals surface area contributed by atoms with E-state index >= 15 is 0 Å². The second-order valence-electron chi connectivity index (χ2n) is 7.99. The molecule has 0 bridgehead atoms. The lowest BCUT2D eigenvalue weighted by Crippen LogP contribution is -2.44. The first-order valence-corrected chi connectivity index (χ1v) is 8.83. The van der Waals surface area contributed by atoms with Crippen molar-refractivity contribution >= 4 is 11.9 Å². The Bertz CT molecular complexity index is 474. The standard InChI is InChI=1S/C17H26N2O3/c20-14(18-15(11-3-4-11)12-5-6-12)9-19-8-13-2-1-7-17(13,10-19)16(21)22/h11-13,15H,1-10H2,(H,18,20)(H,21,22)/t13-,17+/m0/s1. The van der Waals surface area contributed by atoms with Gasteiger partial charge in [0.1, 0.15) is 0 Å². The summed E-state index contributed by atoms with van der Waals surface area (Å²) >= 11 is 0. The van der Waals surface area contributed by atoms with Crippen molar-refractivity contribution in [3.8, 4) is 0 Å². The van der Waals surface area contributed by atoms with Crippen LogP contribution in [0.25, 0.3) is 0 Å². The van der Waals surface area contributed by atoms with Crippen LogP contribution in [-0.4, -0.2) is 47.6 Å². The molecule has 4 rings (SSSR count). The van der Waals surface area contributed by atoms with E-state index in [0.717, 1.165) is 25.8 Å². The molecule has 0 spiro atoms. The number of nitrogens with one attached hydrogen (secondary N) is 1. The lowest BCUT2D eigenvalue weighted by molar-refractivity contribution is -0.149. The number of carboxylic acid groups (broad SMARTS) is 1. The van der Waals surface area contributed by atoms with Crippen LogP contribution in [0.2, 0.25) is 0 Å². The number of fused-ring (bicyclic) bond motifs is 1. The molecular formula is C17H26N2O3. The first-order chi connectivity index (χ1) is 10.6. The van der Waals surface area contributed by atoms with Crippen LogP contribution in [-0.2, 0) is 9.59 Å². The number of nitrogens with zero attached hydrogens (tertiary/aromatic N) is 1. The maximum absolute atomic E-state index is 12.4. The van der Waals surface area contributed by atoms with Gasteiger partial charge in [0.05, 0.1) is 12.0 Å². The summed E-state index contributed by atoms with van der Waals surface area (Å²) in [5.41, 5.74) is -0.577. The average Bonchev–Trinajstić information content (AvgIpc) is 3.36. The highest BCUT2D eigenvalue weighted by molar-refractivity contribution is 5.79. The molecule has 1 saturated heterocycles. The fraction of sp³-hybridized carbons (Fsp3) is 0.882. The number of hydrogen-bond acceptors (Lipinski definition) is 3. The van der Waals surface area contributed by atoms with E-state index in [1.807, 2.05) is 0 Å². The highest BCUT2D eigenvalue weighted by atomic mass is 16.4. The molecule has 3 saturated carbocycles. The SMILES string of the molecule is O=C(CN1C[C@@H]2CCC[C@@]2(C(=O)O)C1)NC(C1CC1)C1CC1. The maximum Gasteiger partial charge on any atom is 0.311 e. The lowest BCUT2D eigenvalue weighted by atomic mass is 9.81. The van der Waals surface area contributed by atoms with E-state index in [9.17, 15) is 14.7 Å². The number of rotatable bonds is 6. The number of carboxylic acids is 1. The topological polar surface area (TPSA) is 69.6 Å². The van der Waals surface area contributed by atoms with Gasteiger partial charge < -0.3 is 10.4 Å². The highest BCUT2D eigenvalue weighted by Gasteiger charge is 2.55. The van der Waals surface area contributed by atoms with Gasteiger partial charge in [0.15, 0.2) is 0 Å². The average molecular weight is 306 g/mol.